The summed E-state index contributed by atoms with van der Waals surface area (Å²) in [6, 6.07) is 1.39. The van der Waals surface area contributed by atoms with E-state index in [0.29, 0.717) is 4.47 Å². The normalized spacial score (nSPS) is 11.7. The van der Waals surface area contributed by atoms with Gasteiger partial charge in [-0.3, -0.25) is 0 Å². The molecule has 0 aliphatic carbocycles. The zero-order chi connectivity index (χ0) is 13.7. The third-order valence-corrected chi connectivity index (χ3v) is 2.62. The number of aliphatic carboxylic acids is 1. The number of anilines is 1. The predicted octanol–water partition coefficient (Wildman–Crippen LogP) is 1.16. The van der Waals surface area contributed by atoms with Crippen molar-refractivity contribution >= 4 is 33.6 Å². The molecule has 0 bridgehead atoms. The monoisotopic (exact) mass is 320 g/mol. The minimum absolute atomic E-state index is 0.274. The third-order valence-electron chi connectivity index (χ3n) is 1.97. The second-order valence-electron chi connectivity index (χ2n) is 3.30. The number of carbonyl (C=O) groups excluding carboxylic acids is 1. The quantitative estimate of drug-likeness (QED) is 0.669. The van der Waals surface area contributed by atoms with Gasteiger partial charge >= 0.3 is 12.0 Å². The molecule has 4 N–H and O–H groups in total. The molecule has 98 valence electrons. The van der Waals surface area contributed by atoms with Crippen molar-refractivity contribution in [3.05, 3.63) is 28.5 Å². The Labute approximate surface area is 110 Å². The average molecular weight is 321 g/mol. The van der Waals surface area contributed by atoms with E-state index in [4.69, 9.17) is 10.2 Å². The second-order valence-corrected chi connectivity index (χ2v) is 4.15. The fraction of sp³-hybridized carbons (Fsp3) is 0.200. The number of hydrogen-bond donors (Lipinski definition) is 4. The number of hydrogen-bond acceptors (Lipinski definition) is 3. The Balaban J connectivity index is 2.67. The Hall–Kier alpha value is -1.67. The minimum Gasteiger partial charge on any atom is -0.480 e. The highest BCUT2D eigenvalue weighted by Gasteiger charge is 2.18. The smallest absolute Gasteiger partial charge is 0.328 e. The molecule has 0 heterocycles. The molecule has 1 atom stereocenters. The molecule has 8 heteroatoms. The van der Waals surface area contributed by atoms with E-state index in [-0.39, 0.29) is 5.69 Å². The first-order valence-corrected chi connectivity index (χ1v) is 5.59. The van der Waals surface area contributed by atoms with Gasteiger partial charge in [-0.25, -0.2) is 14.0 Å². The van der Waals surface area contributed by atoms with Crippen molar-refractivity contribution in [3.8, 4) is 0 Å². The van der Waals surface area contributed by atoms with Crippen LogP contribution in [0.15, 0.2) is 22.7 Å². The number of aliphatic hydroxyl groups excluding tert-OH is 1. The van der Waals surface area contributed by atoms with Crippen LogP contribution in [0, 0.1) is 5.82 Å². The summed E-state index contributed by atoms with van der Waals surface area (Å²) in [6.07, 6.45) is 0. The largest absolute Gasteiger partial charge is 0.480 e. The van der Waals surface area contributed by atoms with E-state index in [9.17, 15) is 14.0 Å². The lowest BCUT2D eigenvalue weighted by Gasteiger charge is -2.13. The molecule has 0 aliphatic rings. The highest BCUT2D eigenvalue weighted by atomic mass is 79.9. The van der Waals surface area contributed by atoms with Crippen molar-refractivity contribution in [2.24, 2.45) is 0 Å². The maximum Gasteiger partial charge on any atom is 0.328 e. The molecule has 1 rings (SSSR count). The topological polar surface area (TPSA) is 98.7 Å². The number of urea groups is 1. The summed E-state index contributed by atoms with van der Waals surface area (Å²) in [6.45, 7) is -0.729. The van der Waals surface area contributed by atoms with Gasteiger partial charge in [0, 0.05) is 4.47 Å². The van der Waals surface area contributed by atoms with Crippen molar-refractivity contribution in [1.82, 2.24) is 5.32 Å². The Bertz CT molecular complexity index is 469. The maximum atomic E-state index is 12.8. The van der Waals surface area contributed by atoms with Gasteiger partial charge in [0.2, 0.25) is 0 Å². The summed E-state index contributed by atoms with van der Waals surface area (Å²) >= 11 is 3.04. The summed E-state index contributed by atoms with van der Waals surface area (Å²) in [5, 5.41) is 21.7. The summed E-state index contributed by atoms with van der Waals surface area (Å²) in [7, 11) is 0. The molecular formula is C10H10BrFN2O4. The van der Waals surface area contributed by atoms with Gasteiger partial charge in [0.15, 0.2) is 6.04 Å². The number of carbonyl (C=O) groups is 2. The van der Waals surface area contributed by atoms with Gasteiger partial charge in [-0.1, -0.05) is 0 Å². The lowest BCUT2D eigenvalue weighted by atomic mass is 10.3. The molecule has 0 fully saturated rings. The van der Waals surface area contributed by atoms with E-state index in [1.54, 1.807) is 0 Å². The lowest BCUT2D eigenvalue weighted by molar-refractivity contribution is -0.140. The van der Waals surface area contributed by atoms with Crippen LogP contribution in [0.4, 0.5) is 14.9 Å². The van der Waals surface area contributed by atoms with Crippen molar-refractivity contribution < 1.29 is 24.2 Å². The van der Waals surface area contributed by atoms with Gasteiger partial charge < -0.3 is 20.8 Å². The summed E-state index contributed by atoms with van der Waals surface area (Å²) in [4.78, 5) is 22.0. The Kier molecular flexibility index (Phi) is 5.05. The van der Waals surface area contributed by atoms with Crippen LogP contribution in [0.5, 0.6) is 0 Å². The molecule has 0 aromatic heterocycles. The van der Waals surface area contributed by atoms with Crippen LogP contribution in [0.25, 0.3) is 0 Å². The van der Waals surface area contributed by atoms with Crippen molar-refractivity contribution in [3.63, 3.8) is 0 Å². The summed E-state index contributed by atoms with van der Waals surface area (Å²) in [5.74, 6) is -1.84. The van der Waals surface area contributed by atoms with E-state index in [1.807, 2.05) is 5.32 Å². The van der Waals surface area contributed by atoms with E-state index in [2.05, 4.69) is 21.2 Å². The fourth-order valence-corrected chi connectivity index (χ4v) is 1.54. The van der Waals surface area contributed by atoms with Crippen molar-refractivity contribution in [2.45, 2.75) is 6.04 Å². The van der Waals surface area contributed by atoms with Crippen LogP contribution >= 0.6 is 15.9 Å². The highest BCUT2D eigenvalue weighted by molar-refractivity contribution is 9.10. The Morgan fingerprint density at radius 1 is 1.44 bits per heavy atom. The molecule has 0 radical (unpaired) electrons. The zero-order valence-corrected chi connectivity index (χ0v) is 10.6. The molecule has 0 saturated heterocycles. The number of carboxylic acids is 1. The summed E-state index contributed by atoms with van der Waals surface area (Å²) in [5.41, 5.74) is 0.274. The van der Waals surface area contributed by atoms with Crippen LogP contribution in [-0.2, 0) is 4.79 Å². The molecule has 0 unspecified atom stereocenters. The zero-order valence-electron chi connectivity index (χ0n) is 8.98. The number of carboxylic acid groups (broad SMARTS) is 1. The highest BCUT2D eigenvalue weighted by Crippen LogP contribution is 2.22. The first-order valence-electron chi connectivity index (χ1n) is 4.80. The summed E-state index contributed by atoms with van der Waals surface area (Å²) < 4.78 is 13.1. The van der Waals surface area contributed by atoms with E-state index in [0.717, 1.165) is 12.1 Å². The van der Waals surface area contributed by atoms with Crippen LogP contribution in [-0.4, -0.2) is 34.9 Å². The minimum atomic E-state index is -1.40. The number of nitrogens with one attached hydrogen (secondary N) is 2. The lowest BCUT2D eigenvalue weighted by Crippen LogP contribution is -2.45. The standard InChI is InChI=1S/C10H10BrFN2O4/c11-6-3-5(12)1-2-7(6)13-10(18)14-8(4-15)9(16)17/h1-3,8,15H,4H2,(H,16,17)(H2,13,14,18)/t8-/m0/s1. The molecule has 1 aromatic carbocycles. The molecule has 2 amide bonds. The van der Waals surface area contributed by atoms with Crippen LogP contribution < -0.4 is 10.6 Å². The molecule has 0 aliphatic heterocycles. The van der Waals surface area contributed by atoms with Gasteiger partial charge in [-0.05, 0) is 34.1 Å². The first kappa shape index (κ1) is 14.4. The number of amides is 2. The predicted molar refractivity (Wildman–Crippen MR) is 64.8 cm³/mol. The van der Waals surface area contributed by atoms with Gasteiger partial charge in [-0.15, -0.1) is 0 Å². The van der Waals surface area contributed by atoms with E-state index >= 15 is 0 Å². The number of halogens is 2. The van der Waals surface area contributed by atoms with Crippen LogP contribution in [0.3, 0.4) is 0 Å². The molecule has 6 nitrogen and oxygen atoms in total. The van der Waals surface area contributed by atoms with Gasteiger partial charge in [0.05, 0.1) is 12.3 Å². The van der Waals surface area contributed by atoms with Crippen LogP contribution in [0.2, 0.25) is 0 Å². The van der Waals surface area contributed by atoms with Gasteiger partial charge in [-0.2, -0.15) is 0 Å². The molecule has 0 spiro atoms. The molecule has 18 heavy (non-hydrogen) atoms. The van der Waals surface area contributed by atoms with E-state index in [1.165, 1.54) is 6.07 Å². The van der Waals surface area contributed by atoms with E-state index < -0.39 is 30.5 Å². The molecule has 1 aromatic rings. The number of rotatable bonds is 4. The first-order chi connectivity index (χ1) is 8.43. The van der Waals surface area contributed by atoms with Crippen molar-refractivity contribution in [1.29, 1.82) is 0 Å². The van der Waals surface area contributed by atoms with Gasteiger partial charge in [0.25, 0.3) is 0 Å². The molecule has 0 saturated carbocycles. The average Bonchev–Trinajstić information content (AvgIpc) is 2.29. The maximum absolute atomic E-state index is 12.8. The second kappa shape index (κ2) is 6.31. The van der Waals surface area contributed by atoms with Crippen LogP contribution in [0.1, 0.15) is 0 Å². The Morgan fingerprint density at radius 2 is 2.11 bits per heavy atom. The molecular weight excluding hydrogens is 311 g/mol. The third kappa shape index (κ3) is 3.97. The SMILES string of the molecule is O=C(Nc1ccc(F)cc1Br)N[C@@H](CO)C(=O)O. The number of benzene rings is 1. The number of aliphatic hydroxyl groups is 1. The van der Waals surface area contributed by atoms with Gasteiger partial charge in [0.1, 0.15) is 5.82 Å². The van der Waals surface area contributed by atoms with Crippen molar-refractivity contribution in [2.75, 3.05) is 11.9 Å². The fourth-order valence-electron chi connectivity index (χ4n) is 1.09. The Morgan fingerprint density at radius 3 is 2.61 bits per heavy atom.